The van der Waals surface area contributed by atoms with Crippen LogP contribution in [0.15, 0.2) is 0 Å². The van der Waals surface area contributed by atoms with Gasteiger partial charge in [-0.1, -0.05) is 0 Å². The number of halogens is 15. The Morgan fingerprint density at radius 1 is 0.480 bits per heavy atom. The summed E-state index contributed by atoms with van der Waals surface area (Å²) in [4.78, 5) is 0. The maximum Gasteiger partial charge on any atom is 0.460 e. The highest BCUT2D eigenvalue weighted by Gasteiger charge is 2.93. The molecular formula is C9H5F15O. The van der Waals surface area contributed by atoms with Gasteiger partial charge < -0.3 is 4.74 Å². The molecule has 0 aliphatic rings. The van der Waals surface area contributed by atoms with Crippen molar-refractivity contribution in [2.24, 2.45) is 0 Å². The summed E-state index contributed by atoms with van der Waals surface area (Å²) in [7, 11) is 0. The van der Waals surface area contributed by atoms with Gasteiger partial charge in [-0.25, -0.2) is 0 Å². The fraction of sp³-hybridized carbons (Fsp3) is 1.00. The maximum atomic E-state index is 13.6. The molecule has 0 aliphatic carbocycles. The standard InChI is InChI=1S/C9H5F15O/c1-2-25-7(18,6(16,17)9(22,23)24)4(12,13)3(10,11)5(14,15)8(19,20)21/h2H2,1H3. The van der Waals surface area contributed by atoms with Crippen LogP contribution in [0.4, 0.5) is 65.9 Å². The SMILES string of the molecule is CCOC(F)(C(F)(F)C(F)(F)F)C(F)(F)C(F)(F)C(F)(F)C(F)(F)F. The molecule has 0 N–H and O–H groups in total. The van der Waals surface area contributed by atoms with Gasteiger partial charge in [-0.3, -0.25) is 0 Å². The molecule has 0 amide bonds. The lowest BCUT2D eigenvalue weighted by atomic mass is 9.92. The van der Waals surface area contributed by atoms with Gasteiger partial charge in [0.05, 0.1) is 0 Å². The van der Waals surface area contributed by atoms with Crippen molar-refractivity contribution in [1.29, 1.82) is 0 Å². The molecule has 0 rings (SSSR count). The Morgan fingerprint density at radius 2 is 0.800 bits per heavy atom. The lowest BCUT2D eigenvalue weighted by Gasteiger charge is -2.43. The summed E-state index contributed by atoms with van der Waals surface area (Å²) < 4.78 is 191. The van der Waals surface area contributed by atoms with Crippen LogP contribution in [0.2, 0.25) is 0 Å². The van der Waals surface area contributed by atoms with Crippen LogP contribution < -0.4 is 0 Å². The summed E-state index contributed by atoms with van der Waals surface area (Å²) in [5.41, 5.74) is 0. The predicted octanol–water partition coefficient (Wildman–Crippen LogP) is 5.35. The minimum atomic E-state index is -8.09. The van der Waals surface area contributed by atoms with Gasteiger partial charge in [0, 0.05) is 6.61 Å². The van der Waals surface area contributed by atoms with Gasteiger partial charge in [-0.2, -0.15) is 65.9 Å². The summed E-state index contributed by atoms with van der Waals surface area (Å²) in [5.74, 6) is -38.8. The van der Waals surface area contributed by atoms with Gasteiger partial charge in [-0.05, 0) is 6.92 Å². The molecule has 0 saturated heterocycles. The van der Waals surface area contributed by atoms with E-state index in [-0.39, 0.29) is 6.92 Å². The maximum absolute atomic E-state index is 13.6. The van der Waals surface area contributed by atoms with Gasteiger partial charge in [0.15, 0.2) is 0 Å². The van der Waals surface area contributed by atoms with Gasteiger partial charge in [0.2, 0.25) is 0 Å². The molecule has 0 aliphatic heterocycles. The largest absolute Gasteiger partial charge is 0.460 e. The van der Waals surface area contributed by atoms with Crippen molar-refractivity contribution >= 4 is 0 Å². The summed E-state index contributed by atoms with van der Waals surface area (Å²) in [6, 6.07) is 0. The fourth-order valence-corrected chi connectivity index (χ4v) is 1.34. The average molecular weight is 414 g/mol. The van der Waals surface area contributed by atoms with Crippen molar-refractivity contribution < 1.29 is 70.6 Å². The molecule has 1 atom stereocenters. The van der Waals surface area contributed by atoms with E-state index in [4.69, 9.17) is 0 Å². The highest BCUT2D eigenvalue weighted by atomic mass is 19.4. The van der Waals surface area contributed by atoms with E-state index in [1.165, 1.54) is 0 Å². The molecule has 0 radical (unpaired) electrons. The van der Waals surface area contributed by atoms with Gasteiger partial charge in [0.1, 0.15) is 0 Å². The molecule has 1 unspecified atom stereocenters. The van der Waals surface area contributed by atoms with E-state index >= 15 is 0 Å². The fourth-order valence-electron chi connectivity index (χ4n) is 1.34. The second-order valence-electron chi connectivity index (χ2n) is 4.32. The van der Waals surface area contributed by atoms with E-state index in [1.54, 1.807) is 0 Å². The lowest BCUT2D eigenvalue weighted by molar-refractivity contribution is -0.481. The molecule has 16 heteroatoms. The van der Waals surface area contributed by atoms with Crippen LogP contribution in [0.5, 0.6) is 0 Å². The Kier molecular flexibility index (Phi) is 5.71. The summed E-state index contributed by atoms with van der Waals surface area (Å²) in [6.45, 7) is -1.75. The van der Waals surface area contributed by atoms with E-state index in [0.29, 0.717) is 0 Å². The molecule has 0 heterocycles. The third-order valence-corrected chi connectivity index (χ3v) is 2.65. The predicted molar refractivity (Wildman–Crippen MR) is 47.4 cm³/mol. The number of alkyl halides is 15. The van der Waals surface area contributed by atoms with Crippen molar-refractivity contribution in [2.75, 3.05) is 6.61 Å². The minimum absolute atomic E-state index is 0.205. The van der Waals surface area contributed by atoms with E-state index in [0.717, 1.165) is 0 Å². The van der Waals surface area contributed by atoms with Crippen LogP contribution in [0, 0.1) is 0 Å². The highest BCUT2D eigenvalue weighted by Crippen LogP contribution is 2.62. The molecule has 0 saturated carbocycles. The first-order chi connectivity index (χ1) is 10.6. The summed E-state index contributed by atoms with van der Waals surface area (Å²) in [6.07, 6.45) is -15.0. The molecule has 1 nitrogen and oxygen atoms in total. The van der Waals surface area contributed by atoms with Crippen molar-refractivity contribution in [3.63, 3.8) is 0 Å². The van der Waals surface area contributed by atoms with Gasteiger partial charge >= 0.3 is 41.9 Å². The second-order valence-corrected chi connectivity index (χ2v) is 4.32. The van der Waals surface area contributed by atoms with Crippen LogP contribution in [0.1, 0.15) is 6.92 Å². The van der Waals surface area contributed by atoms with E-state index in [2.05, 4.69) is 4.74 Å². The molecule has 152 valence electrons. The first kappa shape index (κ1) is 23.9. The van der Waals surface area contributed by atoms with Crippen molar-refractivity contribution in [3.05, 3.63) is 0 Å². The molecule has 0 bridgehead atoms. The van der Waals surface area contributed by atoms with Crippen LogP contribution in [0.25, 0.3) is 0 Å². The molecular weight excluding hydrogens is 409 g/mol. The van der Waals surface area contributed by atoms with Crippen LogP contribution in [0.3, 0.4) is 0 Å². The van der Waals surface area contributed by atoms with Crippen molar-refractivity contribution in [2.45, 2.75) is 48.8 Å². The Labute approximate surface area is 127 Å². The lowest BCUT2D eigenvalue weighted by Crippen LogP contribution is -2.74. The normalized spacial score (nSPS) is 18.2. The van der Waals surface area contributed by atoms with Crippen LogP contribution in [-0.2, 0) is 4.74 Å². The highest BCUT2D eigenvalue weighted by molar-refractivity contribution is 5.12. The molecule has 0 aromatic carbocycles. The zero-order valence-corrected chi connectivity index (χ0v) is 11.3. The number of hydrogen-bond donors (Lipinski definition) is 0. The number of rotatable bonds is 6. The molecule has 0 aromatic rings. The van der Waals surface area contributed by atoms with E-state index in [9.17, 15) is 65.9 Å². The Morgan fingerprint density at radius 3 is 1.04 bits per heavy atom. The summed E-state index contributed by atoms with van der Waals surface area (Å²) >= 11 is 0. The van der Waals surface area contributed by atoms with Crippen LogP contribution >= 0.6 is 0 Å². The zero-order valence-electron chi connectivity index (χ0n) is 11.3. The van der Waals surface area contributed by atoms with Crippen molar-refractivity contribution in [1.82, 2.24) is 0 Å². The van der Waals surface area contributed by atoms with Crippen LogP contribution in [-0.4, -0.2) is 48.5 Å². The third-order valence-electron chi connectivity index (χ3n) is 2.65. The average Bonchev–Trinajstić information content (AvgIpc) is 2.35. The minimum Gasteiger partial charge on any atom is -0.336 e. The summed E-state index contributed by atoms with van der Waals surface area (Å²) in [5, 5.41) is 0. The number of hydrogen-bond acceptors (Lipinski definition) is 1. The molecule has 0 aromatic heterocycles. The van der Waals surface area contributed by atoms with Gasteiger partial charge in [-0.15, -0.1) is 0 Å². The first-order valence-electron chi connectivity index (χ1n) is 5.53. The van der Waals surface area contributed by atoms with E-state index in [1.807, 2.05) is 0 Å². The van der Waals surface area contributed by atoms with E-state index < -0.39 is 48.5 Å². The monoisotopic (exact) mass is 414 g/mol. The van der Waals surface area contributed by atoms with Crippen molar-refractivity contribution in [3.8, 4) is 0 Å². The van der Waals surface area contributed by atoms with Gasteiger partial charge in [0.25, 0.3) is 0 Å². The third kappa shape index (κ3) is 3.09. The Hall–Kier alpha value is -1.09. The quantitative estimate of drug-likeness (QED) is 0.533. The first-order valence-corrected chi connectivity index (χ1v) is 5.53. The second kappa shape index (κ2) is 5.97. The number of ether oxygens (including phenoxy) is 1. The zero-order chi connectivity index (χ0) is 20.9. The Bertz CT molecular complexity index is 474. The Balaban J connectivity index is 6.67. The molecule has 25 heavy (non-hydrogen) atoms. The smallest absolute Gasteiger partial charge is 0.336 e. The molecule has 0 fully saturated rings. The molecule has 0 spiro atoms. The topological polar surface area (TPSA) is 9.23 Å².